The Morgan fingerprint density at radius 2 is 2.00 bits per heavy atom. The Bertz CT molecular complexity index is 988. The van der Waals surface area contributed by atoms with Gasteiger partial charge in [0.2, 0.25) is 0 Å². The zero-order chi connectivity index (χ0) is 19.5. The Morgan fingerprint density at radius 1 is 1.18 bits per heavy atom. The smallest absolute Gasteiger partial charge is 0.178 e. The fourth-order valence-electron chi connectivity index (χ4n) is 3.99. The predicted molar refractivity (Wildman–Crippen MR) is 111 cm³/mol. The fourth-order valence-corrected chi connectivity index (χ4v) is 5.21. The first-order chi connectivity index (χ1) is 13.4. The number of fused-ring (bicyclic) bond motifs is 2. The van der Waals surface area contributed by atoms with Crippen molar-refractivity contribution in [2.45, 2.75) is 58.0 Å². The van der Waals surface area contributed by atoms with Crippen molar-refractivity contribution in [1.29, 1.82) is 0 Å². The van der Waals surface area contributed by atoms with Crippen molar-refractivity contribution in [2.24, 2.45) is 0 Å². The van der Waals surface area contributed by atoms with Crippen LogP contribution in [0.1, 0.15) is 48.6 Å². The highest BCUT2D eigenvalue weighted by molar-refractivity contribution is 7.11. The van der Waals surface area contributed by atoms with Crippen LogP contribution in [0.25, 0.3) is 5.65 Å². The van der Waals surface area contributed by atoms with Crippen LogP contribution < -0.4 is 4.90 Å². The monoisotopic (exact) mass is 397 g/mol. The number of nitrogens with zero attached hydrogens (tertiary/aromatic N) is 7. The third kappa shape index (κ3) is 3.08. The molecule has 0 saturated carbocycles. The normalized spacial score (nSPS) is 17.5. The van der Waals surface area contributed by atoms with Crippen molar-refractivity contribution in [3.8, 4) is 0 Å². The average Bonchev–Trinajstić information content (AvgIpc) is 3.26. The lowest BCUT2D eigenvalue weighted by Crippen LogP contribution is -2.58. The minimum Gasteiger partial charge on any atom is -0.352 e. The van der Waals surface area contributed by atoms with Crippen molar-refractivity contribution in [3.05, 3.63) is 33.5 Å². The molecule has 0 amide bonds. The van der Waals surface area contributed by atoms with Crippen molar-refractivity contribution in [1.82, 2.24) is 29.7 Å². The van der Waals surface area contributed by atoms with Gasteiger partial charge in [-0.2, -0.15) is 4.52 Å². The SMILES string of the molecule is CN(Cc1nc2c(s1)CCC2)C1CN(c2ccc3nnc(C(C)(C)C)n3n2)C1. The summed E-state index contributed by atoms with van der Waals surface area (Å²) >= 11 is 1.91. The lowest BCUT2D eigenvalue weighted by molar-refractivity contribution is 0.196. The molecule has 2 aliphatic rings. The number of aryl methyl sites for hydroxylation is 2. The highest BCUT2D eigenvalue weighted by Gasteiger charge is 2.32. The topological polar surface area (TPSA) is 62.5 Å². The molecule has 1 fully saturated rings. The van der Waals surface area contributed by atoms with E-state index in [4.69, 9.17) is 10.1 Å². The maximum absolute atomic E-state index is 4.84. The maximum Gasteiger partial charge on any atom is 0.178 e. The number of rotatable bonds is 4. The zero-order valence-electron chi connectivity index (χ0n) is 17.0. The minimum atomic E-state index is -0.0866. The van der Waals surface area contributed by atoms with Gasteiger partial charge in [-0.05, 0) is 38.4 Å². The summed E-state index contributed by atoms with van der Waals surface area (Å²) in [6.45, 7) is 9.35. The van der Waals surface area contributed by atoms with E-state index in [0.29, 0.717) is 6.04 Å². The first-order valence-corrected chi connectivity index (χ1v) is 10.9. The molecule has 7 nitrogen and oxygen atoms in total. The largest absolute Gasteiger partial charge is 0.352 e. The zero-order valence-corrected chi connectivity index (χ0v) is 17.8. The van der Waals surface area contributed by atoms with Crippen LogP contribution in [-0.2, 0) is 24.8 Å². The lowest BCUT2D eigenvalue weighted by Gasteiger charge is -2.44. The Hall–Kier alpha value is -2.06. The van der Waals surface area contributed by atoms with Gasteiger partial charge in [0, 0.05) is 29.4 Å². The third-order valence-electron chi connectivity index (χ3n) is 5.75. The second kappa shape index (κ2) is 6.49. The van der Waals surface area contributed by atoms with Crippen LogP contribution in [0.5, 0.6) is 0 Å². The number of anilines is 1. The summed E-state index contributed by atoms with van der Waals surface area (Å²) in [4.78, 5) is 11.1. The van der Waals surface area contributed by atoms with E-state index in [1.54, 1.807) is 0 Å². The predicted octanol–water partition coefficient (Wildman–Crippen LogP) is 2.69. The van der Waals surface area contributed by atoms with E-state index < -0.39 is 0 Å². The Balaban J connectivity index is 1.25. The molecule has 148 valence electrons. The minimum absolute atomic E-state index is 0.0866. The van der Waals surface area contributed by atoms with E-state index in [9.17, 15) is 0 Å². The standard InChI is InChI=1S/C20H27N7S/c1-20(2,3)19-23-22-16-8-9-17(24-27(16)19)26-10-13(11-26)25(4)12-18-21-14-6-5-7-15(14)28-18/h8-9,13H,5-7,10-12H2,1-4H3. The second-order valence-electron chi connectivity index (χ2n) is 9.04. The Labute approximate surface area is 169 Å². The summed E-state index contributed by atoms with van der Waals surface area (Å²) in [5, 5.41) is 14.7. The average molecular weight is 398 g/mol. The molecule has 0 N–H and O–H groups in total. The number of likely N-dealkylation sites (N-methyl/N-ethyl adjacent to an activating group) is 1. The molecule has 1 saturated heterocycles. The van der Waals surface area contributed by atoms with Crippen LogP contribution in [0.3, 0.4) is 0 Å². The summed E-state index contributed by atoms with van der Waals surface area (Å²) in [5.41, 5.74) is 2.07. The molecule has 28 heavy (non-hydrogen) atoms. The molecule has 0 radical (unpaired) electrons. The summed E-state index contributed by atoms with van der Waals surface area (Å²) in [6.07, 6.45) is 3.67. The molecule has 1 aliphatic heterocycles. The third-order valence-corrected chi connectivity index (χ3v) is 6.90. The van der Waals surface area contributed by atoms with Crippen LogP contribution >= 0.6 is 11.3 Å². The Morgan fingerprint density at radius 3 is 2.75 bits per heavy atom. The number of hydrogen-bond donors (Lipinski definition) is 0. The fraction of sp³-hybridized carbons (Fsp3) is 0.600. The molecule has 4 heterocycles. The molecule has 0 bridgehead atoms. The Kier molecular flexibility index (Phi) is 4.17. The van der Waals surface area contributed by atoms with E-state index in [-0.39, 0.29) is 5.41 Å². The molecule has 3 aromatic heterocycles. The van der Waals surface area contributed by atoms with E-state index in [0.717, 1.165) is 36.9 Å². The van der Waals surface area contributed by atoms with Gasteiger partial charge in [0.15, 0.2) is 11.5 Å². The van der Waals surface area contributed by atoms with Crippen molar-refractivity contribution in [3.63, 3.8) is 0 Å². The maximum atomic E-state index is 4.84. The van der Waals surface area contributed by atoms with E-state index in [1.165, 1.54) is 34.8 Å². The summed E-state index contributed by atoms with van der Waals surface area (Å²) in [7, 11) is 2.21. The summed E-state index contributed by atoms with van der Waals surface area (Å²) in [6, 6.07) is 4.61. The molecule has 0 atom stereocenters. The highest BCUT2D eigenvalue weighted by atomic mass is 32.1. The van der Waals surface area contributed by atoms with E-state index in [1.807, 2.05) is 21.9 Å². The molecule has 0 unspecified atom stereocenters. The van der Waals surface area contributed by atoms with Gasteiger partial charge in [0.1, 0.15) is 10.8 Å². The number of thiazole rings is 1. The van der Waals surface area contributed by atoms with Crippen LogP contribution in [0.15, 0.2) is 12.1 Å². The molecule has 0 aromatic carbocycles. The van der Waals surface area contributed by atoms with Gasteiger partial charge < -0.3 is 4.90 Å². The van der Waals surface area contributed by atoms with Crippen molar-refractivity contribution < 1.29 is 0 Å². The molecule has 0 spiro atoms. The highest BCUT2D eigenvalue weighted by Crippen LogP contribution is 2.29. The molecule has 5 rings (SSSR count). The van der Waals surface area contributed by atoms with E-state index >= 15 is 0 Å². The van der Waals surface area contributed by atoms with Crippen LogP contribution in [0, 0.1) is 0 Å². The van der Waals surface area contributed by atoms with Gasteiger partial charge in [-0.15, -0.1) is 26.6 Å². The van der Waals surface area contributed by atoms with Crippen molar-refractivity contribution >= 4 is 22.8 Å². The first-order valence-electron chi connectivity index (χ1n) is 10.0. The first kappa shape index (κ1) is 18.0. The quantitative estimate of drug-likeness (QED) is 0.675. The molecule has 1 aliphatic carbocycles. The van der Waals surface area contributed by atoms with Crippen LogP contribution in [-0.4, -0.2) is 55.9 Å². The van der Waals surface area contributed by atoms with Gasteiger partial charge in [-0.25, -0.2) is 4.98 Å². The molecular weight excluding hydrogens is 370 g/mol. The molecular formula is C20H27N7S. The van der Waals surface area contributed by atoms with E-state index in [2.05, 4.69) is 53.9 Å². The van der Waals surface area contributed by atoms with Gasteiger partial charge >= 0.3 is 0 Å². The summed E-state index contributed by atoms with van der Waals surface area (Å²) < 4.78 is 1.89. The molecule has 8 heteroatoms. The second-order valence-corrected chi connectivity index (χ2v) is 10.2. The van der Waals surface area contributed by atoms with Crippen molar-refractivity contribution in [2.75, 3.05) is 25.0 Å². The molecule has 3 aromatic rings. The van der Waals surface area contributed by atoms with Gasteiger partial charge in [-0.1, -0.05) is 20.8 Å². The van der Waals surface area contributed by atoms with Gasteiger partial charge in [0.25, 0.3) is 0 Å². The van der Waals surface area contributed by atoms with Crippen LogP contribution in [0.4, 0.5) is 5.82 Å². The number of hydrogen-bond acceptors (Lipinski definition) is 7. The van der Waals surface area contributed by atoms with Crippen LogP contribution in [0.2, 0.25) is 0 Å². The van der Waals surface area contributed by atoms with Gasteiger partial charge in [-0.3, -0.25) is 4.90 Å². The summed E-state index contributed by atoms with van der Waals surface area (Å²) in [5.74, 6) is 1.89. The lowest BCUT2D eigenvalue weighted by atomic mass is 9.96. The van der Waals surface area contributed by atoms with Gasteiger partial charge in [0.05, 0.1) is 12.2 Å². The number of aromatic nitrogens is 5.